The Morgan fingerprint density at radius 2 is 0.485 bits per heavy atom. The summed E-state index contributed by atoms with van der Waals surface area (Å²) in [5, 5.41) is 0. The quantitative estimate of drug-likeness (QED) is 0.326. The molecule has 198 valence electrons. The Morgan fingerprint density at radius 1 is 0.303 bits per heavy atom. The Hall–Kier alpha value is -1.54. The molecular weight excluding hydrogens is 550 g/mol. The minimum Gasteiger partial charge on any atom is -0.223 e. The molecule has 1 aliphatic carbocycles. The zero-order valence-corrected chi connectivity index (χ0v) is 13.8. The van der Waals surface area contributed by atoms with E-state index in [9.17, 15) is 96.6 Å². The highest BCUT2D eigenvalue weighted by atomic mass is 19.4. The van der Waals surface area contributed by atoms with E-state index in [2.05, 4.69) is 0 Å². The van der Waals surface area contributed by atoms with Crippen molar-refractivity contribution in [3.8, 4) is 0 Å². The molecule has 2 unspecified atom stereocenters. The van der Waals surface area contributed by atoms with Crippen LogP contribution in [0.15, 0.2) is 0 Å². The van der Waals surface area contributed by atoms with Gasteiger partial charge in [0.1, 0.15) is 0 Å². The van der Waals surface area contributed by atoms with Gasteiger partial charge in [-0.25, -0.2) is 13.2 Å². The third kappa shape index (κ3) is 2.60. The summed E-state index contributed by atoms with van der Waals surface area (Å²) in [6.45, 7) is 0. The summed E-state index contributed by atoms with van der Waals surface area (Å²) in [5.74, 6) is -46.2. The fourth-order valence-corrected chi connectivity index (χ4v) is 2.84. The van der Waals surface area contributed by atoms with E-state index in [4.69, 9.17) is 0 Å². The van der Waals surface area contributed by atoms with Crippen LogP contribution in [0.3, 0.4) is 0 Å². The lowest BCUT2D eigenvalue weighted by Gasteiger charge is -2.60. The second-order valence-corrected chi connectivity index (χ2v) is 6.34. The van der Waals surface area contributed by atoms with Crippen LogP contribution in [0.5, 0.6) is 0 Å². The lowest BCUT2D eigenvalue weighted by atomic mass is 9.57. The molecule has 0 aliphatic heterocycles. The molecule has 0 N–H and O–H groups in total. The highest BCUT2D eigenvalue weighted by molar-refractivity contribution is 5.39. The first-order valence-electron chi connectivity index (χ1n) is 6.91. The van der Waals surface area contributed by atoms with Crippen molar-refractivity contribution in [1.82, 2.24) is 0 Å². The average Bonchev–Trinajstić information content (AvgIpc) is 2.54. The fourth-order valence-electron chi connectivity index (χ4n) is 2.84. The first-order valence-corrected chi connectivity index (χ1v) is 6.91. The molecule has 0 aromatic carbocycles. The van der Waals surface area contributed by atoms with E-state index in [1.165, 1.54) is 0 Å². The number of halogens is 22. The molecule has 0 spiro atoms. The van der Waals surface area contributed by atoms with Crippen LogP contribution in [0.1, 0.15) is 0 Å². The number of alkyl halides is 22. The van der Waals surface area contributed by atoms with Gasteiger partial charge in [-0.2, -0.15) is 83.4 Å². The molecular formula is C11F22. The van der Waals surface area contributed by atoms with E-state index in [0.29, 0.717) is 0 Å². The zero-order valence-electron chi connectivity index (χ0n) is 13.8. The molecule has 0 bridgehead atoms. The van der Waals surface area contributed by atoms with Gasteiger partial charge in [-0.1, -0.05) is 0 Å². The van der Waals surface area contributed by atoms with E-state index < -0.39 is 65.1 Å². The molecule has 0 aromatic rings. The number of hydrogen-bond donors (Lipinski definition) is 0. The summed E-state index contributed by atoms with van der Waals surface area (Å²) in [6.07, 6.45) is -25.7. The topological polar surface area (TPSA) is 0 Å². The summed E-state index contributed by atoms with van der Waals surface area (Å²) in [4.78, 5) is 0. The lowest BCUT2D eigenvalue weighted by Crippen LogP contribution is -2.95. The molecule has 0 nitrogen and oxygen atoms in total. The van der Waals surface area contributed by atoms with E-state index in [0.717, 1.165) is 0 Å². The molecule has 1 aliphatic rings. The summed E-state index contributed by atoms with van der Waals surface area (Å²) >= 11 is 0. The molecule has 1 rings (SSSR count). The molecule has 0 heterocycles. The summed E-state index contributed by atoms with van der Waals surface area (Å²) in [7, 11) is 0. The highest BCUT2D eigenvalue weighted by Gasteiger charge is 3.12. The van der Waals surface area contributed by atoms with Gasteiger partial charge in [0.15, 0.2) is 0 Å². The Labute approximate surface area is 163 Å². The lowest BCUT2D eigenvalue weighted by molar-refractivity contribution is -0.537. The average molecular weight is 550 g/mol. The normalized spacial score (nSPS) is 35.5. The summed E-state index contributed by atoms with van der Waals surface area (Å²) in [6, 6.07) is 0. The van der Waals surface area contributed by atoms with Gasteiger partial charge in [-0.05, 0) is 0 Å². The molecule has 33 heavy (non-hydrogen) atoms. The van der Waals surface area contributed by atoms with Crippen LogP contribution in [0.25, 0.3) is 0 Å². The first-order chi connectivity index (χ1) is 13.8. The van der Waals surface area contributed by atoms with Crippen molar-refractivity contribution in [2.45, 2.75) is 65.1 Å². The molecule has 1 saturated carbocycles. The van der Waals surface area contributed by atoms with Gasteiger partial charge in [0, 0.05) is 0 Å². The number of rotatable bonds is 2. The maximum atomic E-state index is 14.2. The molecule has 22 heteroatoms. The molecule has 0 aromatic heterocycles. The van der Waals surface area contributed by atoms with Crippen LogP contribution < -0.4 is 0 Å². The van der Waals surface area contributed by atoms with Crippen LogP contribution in [0.4, 0.5) is 96.6 Å². The summed E-state index contributed by atoms with van der Waals surface area (Å²) < 4.78 is 290. The van der Waals surface area contributed by atoms with E-state index in [1.807, 2.05) is 0 Å². The Bertz CT molecular complexity index is 724. The van der Waals surface area contributed by atoms with Crippen LogP contribution in [0, 0.1) is 0 Å². The van der Waals surface area contributed by atoms with Crippen molar-refractivity contribution < 1.29 is 96.6 Å². The van der Waals surface area contributed by atoms with Crippen molar-refractivity contribution in [1.29, 1.82) is 0 Å². The van der Waals surface area contributed by atoms with E-state index >= 15 is 0 Å². The third-order valence-corrected chi connectivity index (χ3v) is 4.56. The second-order valence-electron chi connectivity index (χ2n) is 6.34. The minimum absolute atomic E-state index is 8.47. The maximum Gasteiger partial charge on any atom is 0.457 e. The van der Waals surface area contributed by atoms with E-state index in [1.54, 1.807) is 0 Å². The fraction of sp³-hybridized carbons (Fsp3) is 1.00. The van der Waals surface area contributed by atoms with Gasteiger partial charge in [0.25, 0.3) is 0 Å². The zero-order chi connectivity index (χ0) is 27.5. The smallest absolute Gasteiger partial charge is 0.223 e. The number of hydrogen-bond acceptors (Lipinski definition) is 0. The monoisotopic (exact) mass is 550 g/mol. The highest BCUT2D eigenvalue weighted by Crippen LogP contribution is 2.78. The molecule has 0 amide bonds. The van der Waals surface area contributed by atoms with Crippen LogP contribution in [-0.4, -0.2) is 65.1 Å². The van der Waals surface area contributed by atoms with Crippen LogP contribution in [0.2, 0.25) is 0 Å². The predicted molar refractivity (Wildman–Crippen MR) is 54.4 cm³/mol. The molecule has 0 radical (unpaired) electrons. The Kier molecular flexibility index (Phi) is 5.69. The van der Waals surface area contributed by atoms with Gasteiger partial charge in [0.05, 0.1) is 0 Å². The first kappa shape index (κ1) is 29.5. The minimum atomic E-state index is -9.50. The van der Waals surface area contributed by atoms with Gasteiger partial charge in [-0.3, -0.25) is 0 Å². The largest absolute Gasteiger partial charge is 0.457 e. The molecule has 0 saturated heterocycles. The van der Waals surface area contributed by atoms with Crippen LogP contribution in [-0.2, 0) is 0 Å². The molecule has 2 atom stereocenters. The van der Waals surface area contributed by atoms with Gasteiger partial charge < -0.3 is 0 Å². The van der Waals surface area contributed by atoms with Gasteiger partial charge in [-0.15, -0.1) is 0 Å². The Morgan fingerprint density at radius 3 is 0.636 bits per heavy atom. The van der Waals surface area contributed by atoms with Crippen molar-refractivity contribution in [3.63, 3.8) is 0 Å². The van der Waals surface area contributed by atoms with Crippen molar-refractivity contribution in [2.24, 2.45) is 0 Å². The molecule has 1 fully saturated rings. The van der Waals surface area contributed by atoms with Gasteiger partial charge >= 0.3 is 65.1 Å². The van der Waals surface area contributed by atoms with Gasteiger partial charge in [0.2, 0.25) is 0 Å². The maximum absolute atomic E-state index is 14.2. The predicted octanol–water partition coefficient (Wildman–Crippen LogP) is 6.99. The SMILES string of the molecule is FC(F)(F)C(F)(F)C1(F)C(F)(F)C(F)(C(F)(F)F)C(F)(F)C(F)(C(F)(F)C(F)(F)F)C1(F)F. The third-order valence-electron chi connectivity index (χ3n) is 4.56. The van der Waals surface area contributed by atoms with Crippen molar-refractivity contribution in [3.05, 3.63) is 0 Å². The summed E-state index contributed by atoms with van der Waals surface area (Å²) in [5.41, 5.74) is -28.3. The van der Waals surface area contributed by atoms with Crippen molar-refractivity contribution in [2.75, 3.05) is 0 Å². The second kappa shape index (κ2) is 6.36. The standard InChI is InChI=1S/C11F22/c12-1(7(21,22)10(28,29)30)4(15,16)2(13,8(23,24)11(31,32)33)6(19,20)3(14,5(1,17)18)9(25,26)27. The Balaban J connectivity index is 4.60. The van der Waals surface area contributed by atoms with E-state index in [-0.39, 0.29) is 0 Å². The van der Waals surface area contributed by atoms with Crippen LogP contribution >= 0.6 is 0 Å². The van der Waals surface area contributed by atoms with Crippen molar-refractivity contribution >= 4 is 0 Å².